The van der Waals surface area contributed by atoms with Crippen molar-refractivity contribution in [1.29, 1.82) is 0 Å². The molecule has 0 aromatic heterocycles. The Morgan fingerprint density at radius 1 is 1.33 bits per heavy atom. The smallest absolute Gasteiger partial charge is 0.411 e. The monoisotopic (exact) mass is 213 g/mol. The summed E-state index contributed by atoms with van der Waals surface area (Å²) in [7, 11) is 0. The second kappa shape index (κ2) is 3.51. The quantitative estimate of drug-likeness (QED) is 0.669. The topological polar surface area (TPSA) is 46.6 Å². The number of ketones is 1. The molecule has 0 aromatic rings. The minimum Gasteiger partial charge on any atom is -0.444 e. The third-order valence-corrected chi connectivity index (χ3v) is 2.79. The largest absolute Gasteiger partial charge is 0.444 e. The molecule has 0 N–H and O–H groups in total. The van der Waals surface area contributed by atoms with Crippen LogP contribution in [0.25, 0.3) is 0 Å². The predicted molar refractivity (Wildman–Crippen MR) is 56.6 cm³/mol. The van der Waals surface area contributed by atoms with E-state index in [4.69, 9.17) is 4.74 Å². The third kappa shape index (κ3) is 2.30. The highest BCUT2D eigenvalue weighted by atomic mass is 16.6. The molecule has 1 atom stereocenters. The van der Waals surface area contributed by atoms with E-state index in [9.17, 15) is 9.59 Å². The van der Waals surface area contributed by atoms with E-state index in [1.807, 2.05) is 20.8 Å². The van der Waals surface area contributed by atoms with Crippen LogP contribution in [0.1, 0.15) is 41.0 Å². The van der Waals surface area contributed by atoms with Crippen molar-refractivity contribution < 1.29 is 14.3 Å². The van der Waals surface area contributed by atoms with Crippen molar-refractivity contribution in [2.45, 2.75) is 52.2 Å². The Hall–Kier alpha value is -1.06. The van der Waals surface area contributed by atoms with Gasteiger partial charge in [0.2, 0.25) is 0 Å². The molecule has 0 radical (unpaired) electrons. The van der Waals surface area contributed by atoms with Crippen LogP contribution in [0.3, 0.4) is 0 Å². The first-order valence-corrected chi connectivity index (χ1v) is 5.18. The van der Waals surface area contributed by atoms with E-state index >= 15 is 0 Å². The minimum atomic E-state index is -0.650. The molecule has 1 aliphatic heterocycles. The Kier molecular flexibility index (Phi) is 2.81. The van der Waals surface area contributed by atoms with Crippen molar-refractivity contribution in [3.8, 4) is 0 Å². The summed E-state index contributed by atoms with van der Waals surface area (Å²) in [5.41, 5.74) is -1.16. The van der Waals surface area contributed by atoms with Gasteiger partial charge in [-0.1, -0.05) is 0 Å². The zero-order chi connectivity index (χ0) is 11.9. The van der Waals surface area contributed by atoms with Gasteiger partial charge >= 0.3 is 6.09 Å². The first kappa shape index (κ1) is 12.0. The van der Waals surface area contributed by atoms with Crippen molar-refractivity contribution in [1.82, 2.24) is 4.90 Å². The second-order valence-corrected chi connectivity index (χ2v) is 5.21. The van der Waals surface area contributed by atoms with Crippen LogP contribution < -0.4 is 0 Å². The van der Waals surface area contributed by atoms with Gasteiger partial charge in [-0.15, -0.1) is 0 Å². The number of carbonyl (C=O) groups excluding carboxylic acids is 2. The minimum absolute atomic E-state index is 0.0135. The number of ether oxygens (including phenoxy) is 1. The van der Waals surface area contributed by atoms with Crippen molar-refractivity contribution >= 4 is 11.9 Å². The molecule has 0 aliphatic carbocycles. The van der Waals surface area contributed by atoms with Crippen LogP contribution in [0, 0.1) is 0 Å². The molecule has 0 aromatic carbocycles. The van der Waals surface area contributed by atoms with Gasteiger partial charge in [0.05, 0.1) is 0 Å². The summed E-state index contributed by atoms with van der Waals surface area (Å²) in [6, 6.07) is 0. The molecular formula is C11H19NO3. The molecule has 1 rings (SSSR count). The van der Waals surface area contributed by atoms with Crippen LogP contribution in [0.15, 0.2) is 0 Å². The Labute approximate surface area is 90.6 Å². The van der Waals surface area contributed by atoms with Gasteiger partial charge in [0, 0.05) is 6.54 Å². The summed E-state index contributed by atoms with van der Waals surface area (Å²) < 4.78 is 5.22. The van der Waals surface area contributed by atoms with Gasteiger partial charge in [-0.2, -0.15) is 0 Å². The summed E-state index contributed by atoms with van der Waals surface area (Å²) in [5, 5.41) is 0. The van der Waals surface area contributed by atoms with Gasteiger partial charge in [-0.25, -0.2) is 4.79 Å². The number of likely N-dealkylation sites (tertiary alicyclic amines) is 1. The normalized spacial score (nSPS) is 25.8. The lowest BCUT2D eigenvalue weighted by molar-refractivity contribution is -0.135. The molecule has 0 spiro atoms. The predicted octanol–water partition coefficient (Wildman–Crippen LogP) is 1.97. The third-order valence-electron chi connectivity index (χ3n) is 2.79. The van der Waals surface area contributed by atoms with E-state index < -0.39 is 17.2 Å². The van der Waals surface area contributed by atoms with Gasteiger partial charge in [-0.3, -0.25) is 9.69 Å². The van der Waals surface area contributed by atoms with Crippen LogP contribution in [0.2, 0.25) is 0 Å². The lowest BCUT2D eigenvalue weighted by atomic mass is 9.84. The lowest BCUT2D eigenvalue weighted by Gasteiger charge is -2.48. The zero-order valence-corrected chi connectivity index (χ0v) is 10.1. The van der Waals surface area contributed by atoms with Crippen LogP contribution in [-0.2, 0) is 9.53 Å². The lowest BCUT2D eigenvalue weighted by Crippen LogP contribution is -2.64. The fourth-order valence-electron chi connectivity index (χ4n) is 1.53. The average Bonchev–Trinajstić information content (AvgIpc) is 1.96. The van der Waals surface area contributed by atoms with Crippen molar-refractivity contribution in [3.05, 3.63) is 0 Å². The maximum absolute atomic E-state index is 11.7. The number of amides is 1. The van der Waals surface area contributed by atoms with E-state index in [0.29, 0.717) is 6.54 Å². The summed E-state index contributed by atoms with van der Waals surface area (Å²) in [6.07, 6.45) is 0.327. The number of Topliss-reactive ketones (excluding diaryl/α,β-unsaturated/α-hetero) is 1. The molecule has 1 amide bonds. The highest BCUT2D eigenvalue weighted by Crippen LogP contribution is 2.32. The molecule has 15 heavy (non-hydrogen) atoms. The van der Waals surface area contributed by atoms with Gasteiger partial charge in [0.15, 0.2) is 5.78 Å². The maximum atomic E-state index is 11.7. The van der Waals surface area contributed by atoms with Crippen molar-refractivity contribution in [2.75, 3.05) is 6.54 Å². The summed E-state index contributed by atoms with van der Waals surface area (Å²) in [5.74, 6) is 0.0135. The van der Waals surface area contributed by atoms with Crippen molar-refractivity contribution in [3.63, 3.8) is 0 Å². The summed E-state index contributed by atoms with van der Waals surface area (Å²) in [6.45, 7) is 9.34. The fourth-order valence-corrected chi connectivity index (χ4v) is 1.53. The molecule has 1 saturated heterocycles. The summed E-state index contributed by atoms with van der Waals surface area (Å²) in [4.78, 5) is 24.6. The average molecular weight is 213 g/mol. The highest BCUT2D eigenvalue weighted by Gasteiger charge is 2.48. The van der Waals surface area contributed by atoms with Crippen LogP contribution in [0.5, 0.6) is 0 Å². The van der Waals surface area contributed by atoms with Crippen LogP contribution in [0.4, 0.5) is 4.79 Å². The van der Waals surface area contributed by atoms with Gasteiger partial charge in [-0.05, 0) is 41.0 Å². The Bertz CT molecular complexity index is 293. The molecule has 1 fully saturated rings. The second-order valence-electron chi connectivity index (χ2n) is 5.21. The maximum Gasteiger partial charge on any atom is 0.411 e. The molecule has 86 valence electrons. The van der Waals surface area contributed by atoms with Gasteiger partial charge in [0.1, 0.15) is 11.1 Å². The fraction of sp³-hybridized carbons (Fsp3) is 0.818. The highest BCUT2D eigenvalue weighted by molar-refractivity contribution is 5.91. The van der Waals surface area contributed by atoms with Crippen molar-refractivity contribution in [2.24, 2.45) is 0 Å². The molecular weight excluding hydrogens is 194 g/mol. The number of carbonyl (C=O) groups is 2. The number of hydrogen-bond acceptors (Lipinski definition) is 3. The van der Waals surface area contributed by atoms with Gasteiger partial charge < -0.3 is 4.74 Å². The number of rotatable bonds is 1. The molecule has 1 heterocycles. The van der Waals surface area contributed by atoms with Gasteiger partial charge in [0.25, 0.3) is 0 Å². The summed E-state index contributed by atoms with van der Waals surface area (Å²) >= 11 is 0. The SMILES string of the molecule is CC(=O)C1(C)CCN1C(=O)OC(C)(C)C. The van der Waals surface area contributed by atoms with E-state index in [-0.39, 0.29) is 5.78 Å². The Balaban J connectivity index is 2.67. The molecule has 1 unspecified atom stereocenters. The number of nitrogens with zero attached hydrogens (tertiary/aromatic N) is 1. The van der Waals surface area contributed by atoms with E-state index in [2.05, 4.69) is 0 Å². The zero-order valence-electron chi connectivity index (χ0n) is 10.1. The standard InChI is InChI=1S/C11H19NO3/c1-8(13)11(5)6-7-12(11)9(14)15-10(2,3)4/h6-7H2,1-5H3. The van der Waals surface area contributed by atoms with E-state index in [0.717, 1.165) is 6.42 Å². The molecule has 1 aliphatic rings. The Morgan fingerprint density at radius 2 is 1.87 bits per heavy atom. The Morgan fingerprint density at radius 3 is 2.13 bits per heavy atom. The first-order valence-electron chi connectivity index (χ1n) is 5.18. The van der Waals surface area contributed by atoms with E-state index in [1.165, 1.54) is 11.8 Å². The molecule has 4 nitrogen and oxygen atoms in total. The molecule has 4 heteroatoms. The molecule has 0 saturated carbocycles. The van der Waals surface area contributed by atoms with Crippen LogP contribution >= 0.6 is 0 Å². The number of hydrogen-bond donors (Lipinski definition) is 0. The van der Waals surface area contributed by atoms with Crippen LogP contribution in [-0.4, -0.2) is 34.5 Å². The first-order chi connectivity index (χ1) is 6.67. The molecule has 0 bridgehead atoms. The van der Waals surface area contributed by atoms with E-state index in [1.54, 1.807) is 6.92 Å².